The van der Waals surface area contributed by atoms with Gasteiger partial charge >= 0.3 is 5.97 Å². The van der Waals surface area contributed by atoms with Crippen molar-refractivity contribution in [2.45, 2.75) is 78.2 Å². The van der Waals surface area contributed by atoms with Gasteiger partial charge in [0.05, 0.1) is 25.9 Å². The molecule has 5 nitrogen and oxygen atoms in total. The van der Waals surface area contributed by atoms with Gasteiger partial charge in [-0.25, -0.2) is 4.79 Å². The van der Waals surface area contributed by atoms with Crippen LogP contribution in [-0.2, 0) is 28.8 Å². The minimum absolute atomic E-state index is 0.253. The molecule has 0 aliphatic heterocycles. The van der Waals surface area contributed by atoms with Gasteiger partial charge in [0.1, 0.15) is 5.75 Å². The van der Waals surface area contributed by atoms with Crippen LogP contribution < -0.4 is 4.74 Å². The number of unbranched alkanes of at least 4 members (excludes halogenated alkanes) is 2. The van der Waals surface area contributed by atoms with Crippen LogP contribution in [0.4, 0.5) is 0 Å². The lowest BCUT2D eigenvalue weighted by Crippen LogP contribution is -2.13. The van der Waals surface area contributed by atoms with Crippen LogP contribution in [0.2, 0.25) is 0 Å². The van der Waals surface area contributed by atoms with Gasteiger partial charge < -0.3 is 19.7 Å². The lowest BCUT2D eigenvalue weighted by Gasteiger charge is -2.17. The number of aliphatic hydroxyl groups excluding tert-OH is 2. The number of ether oxygens (including phenoxy) is 2. The number of hydrogen-bond donors (Lipinski definition) is 2. The Labute approximate surface area is 245 Å². The standard InChI is InChI=1S/C36H46O5/c1-5-7-8-10-27-12-15-30(16-13-27)31-17-19-33(29(6-2)24-31)34-18-14-28(20-22-41-36(39)26(3)4)23-35(34)40-21-9-11-32(38)25-37/h12-19,23-24,32,37-38H,3,5-11,20-22,25H2,1-2,4H3. The van der Waals surface area contributed by atoms with Crippen molar-refractivity contribution in [2.75, 3.05) is 19.8 Å². The van der Waals surface area contributed by atoms with Gasteiger partial charge in [0.15, 0.2) is 0 Å². The van der Waals surface area contributed by atoms with E-state index >= 15 is 0 Å². The third kappa shape index (κ3) is 9.87. The van der Waals surface area contributed by atoms with Gasteiger partial charge in [0.2, 0.25) is 0 Å². The molecule has 0 amide bonds. The molecule has 0 aliphatic carbocycles. The number of benzene rings is 3. The van der Waals surface area contributed by atoms with Crippen molar-refractivity contribution in [1.29, 1.82) is 0 Å². The van der Waals surface area contributed by atoms with E-state index in [-0.39, 0.29) is 19.2 Å². The zero-order valence-electron chi connectivity index (χ0n) is 25.0. The number of esters is 1. The monoisotopic (exact) mass is 558 g/mol. The zero-order chi connectivity index (χ0) is 29.6. The van der Waals surface area contributed by atoms with Crippen molar-refractivity contribution in [3.05, 3.63) is 89.5 Å². The molecule has 0 saturated heterocycles. The Bertz CT molecular complexity index is 1260. The summed E-state index contributed by atoms with van der Waals surface area (Å²) in [5.74, 6) is 0.366. The maximum Gasteiger partial charge on any atom is 0.333 e. The number of aliphatic hydroxyl groups is 2. The van der Waals surface area contributed by atoms with Crippen LogP contribution >= 0.6 is 0 Å². The lowest BCUT2D eigenvalue weighted by atomic mass is 9.92. The van der Waals surface area contributed by atoms with Crippen molar-refractivity contribution in [3.8, 4) is 28.0 Å². The number of carbonyl (C=O) groups excluding carboxylic acids is 1. The molecule has 0 aliphatic rings. The van der Waals surface area contributed by atoms with Crippen molar-refractivity contribution < 1.29 is 24.5 Å². The number of rotatable bonds is 17. The van der Waals surface area contributed by atoms with E-state index in [0.29, 0.717) is 31.4 Å². The Morgan fingerprint density at radius 1 is 0.854 bits per heavy atom. The molecule has 3 aromatic carbocycles. The van der Waals surface area contributed by atoms with E-state index in [1.807, 2.05) is 6.07 Å². The highest BCUT2D eigenvalue weighted by atomic mass is 16.5. The fourth-order valence-electron chi connectivity index (χ4n) is 4.81. The Morgan fingerprint density at radius 2 is 1.56 bits per heavy atom. The van der Waals surface area contributed by atoms with E-state index in [2.05, 4.69) is 75.0 Å². The molecule has 2 N–H and O–H groups in total. The van der Waals surface area contributed by atoms with Crippen LogP contribution in [0.15, 0.2) is 72.8 Å². The fourth-order valence-corrected chi connectivity index (χ4v) is 4.81. The SMILES string of the molecule is C=C(C)C(=O)OCCc1ccc(-c2ccc(-c3ccc(CCCCC)cc3)cc2CC)c(OCCCC(O)CO)c1. The first-order valence-electron chi connectivity index (χ1n) is 15.0. The maximum atomic E-state index is 11.8. The van der Waals surface area contributed by atoms with Gasteiger partial charge in [-0.15, -0.1) is 0 Å². The van der Waals surface area contributed by atoms with Crippen LogP contribution in [0.1, 0.15) is 69.6 Å². The van der Waals surface area contributed by atoms with E-state index in [9.17, 15) is 9.90 Å². The lowest BCUT2D eigenvalue weighted by molar-refractivity contribution is -0.138. The summed E-state index contributed by atoms with van der Waals surface area (Å²) in [4.78, 5) is 11.8. The van der Waals surface area contributed by atoms with Crippen molar-refractivity contribution >= 4 is 5.97 Å². The van der Waals surface area contributed by atoms with Gasteiger partial charge in [0.25, 0.3) is 0 Å². The third-order valence-electron chi connectivity index (χ3n) is 7.30. The Hall–Kier alpha value is -3.41. The van der Waals surface area contributed by atoms with Gasteiger partial charge in [-0.2, -0.15) is 0 Å². The van der Waals surface area contributed by atoms with Crippen LogP contribution in [0.5, 0.6) is 5.75 Å². The molecule has 0 bridgehead atoms. The number of aryl methyl sites for hydroxylation is 2. The molecule has 5 heteroatoms. The molecule has 41 heavy (non-hydrogen) atoms. The minimum Gasteiger partial charge on any atom is -0.493 e. The highest BCUT2D eigenvalue weighted by Gasteiger charge is 2.14. The quantitative estimate of drug-likeness (QED) is 0.102. The second kappa shape index (κ2) is 16.8. The summed E-state index contributed by atoms with van der Waals surface area (Å²) in [5.41, 5.74) is 8.54. The first-order chi connectivity index (χ1) is 19.9. The van der Waals surface area contributed by atoms with E-state index in [4.69, 9.17) is 14.6 Å². The van der Waals surface area contributed by atoms with Gasteiger partial charge in [-0.1, -0.05) is 87.9 Å². The zero-order valence-corrected chi connectivity index (χ0v) is 25.0. The average molecular weight is 559 g/mol. The molecular weight excluding hydrogens is 512 g/mol. The predicted octanol–water partition coefficient (Wildman–Crippen LogP) is 7.49. The third-order valence-corrected chi connectivity index (χ3v) is 7.30. The normalized spacial score (nSPS) is 11.7. The van der Waals surface area contributed by atoms with Gasteiger partial charge in [0, 0.05) is 17.6 Å². The summed E-state index contributed by atoms with van der Waals surface area (Å²) in [6.45, 7) is 10.1. The highest BCUT2D eigenvalue weighted by molar-refractivity contribution is 5.86. The summed E-state index contributed by atoms with van der Waals surface area (Å²) in [6.07, 6.45) is 6.64. The number of carbonyl (C=O) groups is 1. The Balaban J connectivity index is 1.84. The summed E-state index contributed by atoms with van der Waals surface area (Å²) in [6, 6.07) is 21.7. The molecule has 3 rings (SSSR count). The first-order valence-corrected chi connectivity index (χ1v) is 15.0. The molecule has 0 aromatic heterocycles. The molecule has 220 valence electrons. The summed E-state index contributed by atoms with van der Waals surface area (Å²) < 4.78 is 11.5. The molecule has 0 fully saturated rings. The van der Waals surface area contributed by atoms with Crippen LogP contribution in [0.3, 0.4) is 0 Å². The van der Waals surface area contributed by atoms with Crippen LogP contribution in [0, 0.1) is 0 Å². The predicted molar refractivity (Wildman–Crippen MR) is 167 cm³/mol. The van der Waals surface area contributed by atoms with Crippen LogP contribution in [0.25, 0.3) is 22.3 Å². The largest absolute Gasteiger partial charge is 0.493 e. The molecule has 0 heterocycles. The maximum absolute atomic E-state index is 11.8. The number of hydrogen-bond acceptors (Lipinski definition) is 5. The van der Waals surface area contributed by atoms with E-state index in [1.165, 1.54) is 41.5 Å². The Kier molecular flexibility index (Phi) is 13.1. The first kappa shape index (κ1) is 32.1. The molecule has 1 atom stereocenters. The van der Waals surface area contributed by atoms with Crippen molar-refractivity contribution in [2.24, 2.45) is 0 Å². The molecule has 3 aromatic rings. The minimum atomic E-state index is -0.739. The van der Waals surface area contributed by atoms with E-state index < -0.39 is 6.10 Å². The fraction of sp³-hybridized carbons (Fsp3) is 0.417. The highest BCUT2D eigenvalue weighted by Crippen LogP contribution is 2.36. The molecular formula is C36H46O5. The van der Waals surface area contributed by atoms with Crippen LogP contribution in [-0.4, -0.2) is 42.1 Å². The smallest absolute Gasteiger partial charge is 0.333 e. The van der Waals surface area contributed by atoms with E-state index in [0.717, 1.165) is 35.3 Å². The van der Waals surface area contributed by atoms with Crippen molar-refractivity contribution in [1.82, 2.24) is 0 Å². The molecule has 0 saturated carbocycles. The molecule has 1 unspecified atom stereocenters. The average Bonchev–Trinajstić information content (AvgIpc) is 2.99. The van der Waals surface area contributed by atoms with Gasteiger partial charge in [-0.3, -0.25) is 0 Å². The van der Waals surface area contributed by atoms with Gasteiger partial charge in [-0.05, 0) is 78.5 Å². The topological polar surface area (TPSA) is 76.0 Å². The second-order valence-corrected chi connectivity index (χ2v) is 10.7. The molecule has 0 spiro atoms. The summed E-state index contributed by atoms with van der Waals surface area (Å²) >= 11 is 0. The van der Waals surface area contributed by atoms with E-state index in [1.54, 1.807) is 6.92 Å². The molecule has 0 radical (unpaired) electrons. The second-order valence-electron chi connectivity index (χ2n) is 10.7. The summed E-state index contributed by atoms with van der Waals surface area (Å²) in [7, 11) is 0. The summed E-state index contributed by atoms with van der Waals surface area (Å²) in [5, 5.41) is 18.8. The Morgan fingerprint density at radius 3 is 2.24 bits per heavy atom. The van der Waals surface area contributed by atoms with Crippen molar-refractivity contribution in [3.63, 3.8) is 0 Å².